The summed E-state index contributed by atoms with van der Waals surface area (Å²) < 4.78 is 14.7. The predicted molar refractivity (Wildman–Crippen MR) is 90.3 cm³/mol. The fourth-order valence-electron chi connectivity index (χ4n) is 3.75. The molecule has 116 valence electrons. The van der Waals surface area contributed by atoms with Crippen molar-refractivity contribution < 1.29 is 4.39 Å². The Hall–Kier alpha value is -0.650. The van der Waals surface area contributed by atoms with Crippen LogP contribution in [0, 0.1) is 17.7 Å². The number of nitrogens with zero attached hydrogens (tertiary/aromatic N) is 3. The molecular weight excluding hydrogens is 392 g/mol. The molecule has 1 aliphatic carbocycles. The topological polar surface area (TPSA) is 29.0 Å². The maximum Gasteiger partial charge on any atom is 0.225 e. The molecule has 0 spiro atoms. The minimum atomic E-state index is -0.493. The number of hydrogen-bond acceptors (Lipinski definition) is 3. The highest BCUT2D eigenvalue weighted by molar-refractivity contribution is 9.10. The van der Waals surface area contributed by atoms with E-state index in [1.807, 2.05) is 0 Å². The van der Waals surface area contributed by atoms with Gasteiger partial charge in [-0.05, 0) is 64.7 Å². The Kier molecular flexibility index (Phi) is 3.70. The van der Waals surface area contributed by atoms with Crippen molar-refractivity contribution in [1.29, 1.82) is 0 Å². The van der Waals surface area contributed by atoms with Crippen LogP contribution in [0.1, 0.15) is 19.3 Å². The SMILES string of the molecule is Fc1c(Br)c(Cl)cc2c(N3CC4CCC(C4)C3)nc(Cl)nc12. The number of fused-ring (bicyclic) bond motifs is 3. The van der Waals surface area contributed by atoms with Gasteiger partial charge in [0.15, 0.2) is 5.82 Å². The van der Waals surface area contributed by atoms with Crippen LogP contribution in [0.15, 0.2) is 10.5 Å². The number of benzene rings is 1. The van der Waals surface area contributed by atoms with E-state index >= 15 is 0 Å². The number of halogens is 4. The van der Waals surface area contributed by atoms with Crippen molar-refractivity contribution >= 4 is 55.9 Å². The van der Waals surface area contributed by atoms with Crippen molar-refractivity contribution in [2.75, 3.05) is 18.0 Å². The highest BCUT2D eigenvalue weighted by Crippen LogP contribution is 2.41. The van der Waals surface area contributed by atoms with E-state index in [1.165, 1.54) is 19.3 Å². The number of hydrogen-bond donors (Lipinski definition) is 0. The maximum atomic E-state index is 14.5. The molecule has 2 fully saturated rings. The molecular formula is C15H13BrCl2FN3. The smallest absolute Gasteiger partial charge is 0.225 e. The summed E-state index contributed by atoms with van der Waals surface area (Å²) in [4.78, 5) is 10.6. The summed E-state index contributed by atoms with van der Waals surface area (Å²) in [6, 6.07) is 1.71. The van der Waals surface area contributed by atoms with Crippen LogP contribution in [0.5, 0.6) is 0 Å². The lowest BCUT2D eigenvalue weighted by Crippen LogP contribution is -2.37. The first-order valence-electron chi connectivity index (χ1n) is 7.28. The summed E-state index contributed by atoms with van der Waals surface area (Å²) in [5.74, 6) is 1.59. The first-order valence-corrected chi connectivity index (χ1v) is 8.83. The zero-order valence-electron chi connectivity index (χ0n) is 11.6. The van der Waals surface area contributed by atoms with Gasteiger partial charge in [-0.25, -0.2) is 9.37 Å². The Labute approximate surface area is 145 Å². The molecule has 2 aromatic rings. The van der Waals surface area contributed by atoms with Crippen molar-refractivity contribution in [2.24, 2.45) is 11.8 Å². The predicted octanol–water partition coefficient (Wildman–Crippen LogP) is 5.07. The molecule has 2 bridgehead atoms. The van der Waals surface area contributed by atoms with Crippen LogP contribution in [-0.2, 0) is 0 Å². The molecule has 2 aliphatic rings. The van der Waals surface area contributed by atoms with Crippen LogP contribution in [0.4, 0.5) is 10.2 Å². The van der Waals surface area contributed by atoms with E-state index in [2.05, 4.69) is 30.8 Å². The van der Waals surface area contributed by atoms with Gasteiger partial charge in [-0.1, -0.05) is 11.6 Å². The van der Waals surface area contributed by atoms with Gasteiger partial charge in [0.25, 0.3) is 0 Å². The molecule has 0 N–H and O–H groups in total. The third kappa shape index (κ3) is 2.38. The Morgan fingerprint density at radius 2 is 1.86 bits per heavy atom. The van der Waals surface area contributed by atoms with Crippen molar-refractivity contribution in [3.05, 3.63) is 26.7 Å². The average Bonchev–Trinajstić information content (AvgIpc) is 2.84. The van der Waals surface area contributed by atoms with Crippen molar-refractivity contribution in [2.45, 2.75) is 19.3 Å². The van der Waals surface area contributed by atoms with E-state index in [1.54, 1.807) is 6.07 Å². The Bertz CT molecular complexity index is 758. The van der Waals surface area contributed by atoms with Gasteiger partial charge in [0, 0.05) is 18.5 Å². The molecule has 22 heavy (non-hydrogen) atoms. The number of aromatic nitrogens is 2. The number of anilines is 1. The highest BCUT2D eigenvalue weighted by Gasteiger charge is 2.34. The van der Waals surface area contributed by atoms with Crippen LogP contribution >= 0.6 is 39.1 Å². The molecule has 1 aliphatic heterocycles. The third-order valence-corrected chi connectivity index (χ3v) is 6.16. The zero-order valence-corrected chi connectivity index (χ0v) is 14.7. The molecule has 1 aromatic carbocycles. The Morgan fingerprint density at radius 1 is 1.18 bits per heavy atom. The van der Waals surface area contributed by atoms with E-state index in [4.69, 9.17) is 23.2 Å². The van der Waals surface area contributed by atoms with Gasteiger partial charge in [0.1, 0.15) is 11.3 Å². The molecule has 2 unspecified atom stereocenters. The summed E-state index contributed by atoms with van der Waals surface area (Å²) in [5.41, 5.74) is 0.212. The lowest BCUT2D eigenvalue weighted by atomic mass is 9.98. The molecule has 1 saturated carbocycles. The second kappa shape index (κ2) is 5.46. The van der Waals surface area contributed by atoms with Gasteiger partial charge in [0.05, 0.1) is 9.50 Å². The minimum absolute atomic E-state index is 0.0635. The first kappa shape index (κ1) is 14.9. The molecule has 0 radical (unpaired) electrons. The largest absolute Gasteiger partial charge is 0.355 e. The lowest BCUT2D eigenvalue weighted by molar-refractivity contribution is 0.420. The van der Waals surface area contributed by atoms with Crippen LogP contribution < -0.4 is 4.90 Å². The van der Waals surface area contributed by atoms with Crippen molar-refractivity contribution in [3.8, 4) is 0 Å². The molecule has 2 heterocycles. The van der Waals surface area contributed by atoms with Gasteiger partial charge in [-0.15, -0.1) is 0 Å². The molecule has 1 aromatic heterocycles. The summed E-state index contributed by atoms with van der Waals surface area (Å²) in [6.45, 7) is 1.88. The summed E-state index contributed by atoms with van der Waals surface area (Å²) in [6.07, 6.45) is 3.81. The Morgan fingerprint density at radius 3 is 2.55 bits per heavy atom. The standard InChI is InChI=1S/C15H13BrCl2FN3/c16-11-10(17)4-9-13(12(11)19)20-15(18)21-14(9)22-5-7-1-2-8(3-7)6-22/h4,7-8H,1-3,5-6H2. The molecule has 3 nitrogen and oxygen atoms in total. The molecule has 0 amide bonds. The monoisotopic (exact) mass is 403 g/mol. The van der Waals surface area contributed by atoms with E-state index in [0.29, 0.717) is 28.1 Å². The van der Waals surface area contributed by atoms with Crippen LogP contribution in [-0.4, -0.2) is 23.1 Å². The summed E-state index contributed by atoms with van der Waals surface area (Å²) >= 11 is 15.3. The van der Waals surface area contributed by atoms with Crippen LogP contribution in [0.25, 0.3) is 10.9 Å². The van der Waals surface area contributed by atoms with Gasteiger partial charge in [0.2, 0.25) is 5.28 Å². The third-order valence-electron chi connectivity index (χ3n) is 4.69. The number of rotatable bonds is 1. The summed E-state index contributed by atoms with van der Waals surface area (Å²) in [5, 5.41) is 1.00. The minimum Gasteiger partial charge on any atom is -0.355 e. The number of piperidine rings is 1. The van der Waals surface area contributed by atoms with E-state index in [9.17, 15) is 4.39 Å². The molecule has 7 heteroatoms. The fourth-order valence-corrected chi connectivity index (χ4v) is 4.41. The first-order chi connectivity index (χ1) is 10.5. The van der Waals surface area contributed by atoms with E-state index in [0.717, 1.165) is 13.1 Å². The van der Waals surface area contributed by atoms with Gasteiger partial charge in [-0.3, -0.25) is 0 Å². The van der Waals surface area contributed by atoms with Crippen LogP contribution in [0.2, 0.25) is 10.3 Å². The molecule has 1 saturated heterocycles. The molecule has 2 atom stereocenters. The second-order valence-electron chi connectivity index (χ2n) is 6.15. The average molecular weight is 405 g/mol. The second-order valence-corrected chi connectivity index (χ2v) is 7.69. The van der Waals surface area contributed by atoms with E-state index in [-0.39, 0.29) is 15.3 Å². The fraction of sp³-hybridized carbons (Fsp3) is 0.467. The zero-order chi connectivity index (χ0) is 15.4. The Balaban J connectivity index is 1.90. The molecule has 4 rings (SSSR count). The van der Waals surface area contributed by atoms with Crippen molar-refractivity contribution in [3.63, 3.8) is 0 Å². The van der Waals surface area contributed by atoms with Gasteiger partial charge >= 0.3 is 0 Å². The maximum absolute atomic E-state index is 14.5. The van der Waals surface area contributed by atoms with Crippen LogP contribution in [0.3, 0.4) is 0 Å². The van der Waals surface area contributed by atoms with Crippen molar-refractivity contribution in [1.82, 2.24) is 9.97 Å². The van der Waals surface area contributed by atoms with Gasteiger partial charge in [-0.2, -0.15) is 4.98 Å². The quantitative estimate of drug-likeness (QED) is 0.490. The van der Waals surface area contributed by atoms with E-state index < -0.39 is 5.82 Å². The summed E-state index contributed by atoms with van der Waals surface area (Å²) in [7, 11) is 0. The van der Waals surface area contributed by atoms with Gasteiger partial charge < -0.3 is 4.90 Å². The lowest BCUT2D eigenvalue weighted by Gasteiger charge is -2.33. The highest BCUT2D eigenvalue weighted by atomic mass is 79.9. The normalized spacial score (nSPS) is 24.3.